The molecular formula is C20H19Cl2FN4O2S. The molecule has 0 radical (unpaired) electrons. The van der Waals surface area contributed by atoms with Crippen LogP contribution in [0.4, 0.5) is 10.1 Å². The quantitative estimate of drug-likeness (QED) is 0.610. The number of aryl methyl sites for hydroxylation is 1. The van der Waals surface area contributed by atoms with Crippen LogP contribution in [0.2, 0.25) is 10.0 Å². The van der Waals surface area contributed by atoms with Gasteiger partial charge in [0.1, 0.15) is 5.82 Å². The standard InChI is InChI=1S/C20H19Cl2FN4O2S/c1-26-11-20(24-12-26)30(28,29)27-9-15(14-4-2-3-5-16(14)21)19(10-27)25-13-6-7-18(23)17(22)8-13/h2-8,11-12,15,19,25H,9-10H2,1H3. The summed E-state index contributed by atoms with van der Waals surface area (Å²) >= 11 is 12.3. The summed E-state index contributed by atoms with van der Waals surface area (Å²) in [6.45, 7) is 0.430. The zero-order chi connectivity index (χ0) is 21.5. The number of imidazole rings is 1. The predicted molar refractivity (Wildman–Crippen MR) is 115 cm³/mol. The molecule has 10 heteroatoms. The number of nitrogens with zero attached hydrogens (tertiary/aromatic N) is 3. The van der Waals surface area contributed by atoms with E-state index in [1.807, 2.05) is 18.2 Å². The average molecular weight is 469 g/mol. The van der Waals surface area contributed by atoms with Crippen molar-refractivity contribution in [1.29, 1.82) is 0 Å². The molecular weight excluding hydrogens is 450 g/mol. The van der Waals surface area contributed by atoms with Gasteiger partial charge in [0.25, 0.3) is 10.0 Å². The van der Waals surface area contributed by atoms with Crippen LogP contribution in [0, 0.1) is 5.82 Å². The van der Waals surface area contributed by atoms with Gasteiger partial charge in [-0.25, -0.2) is 17.8 Å². The molecule has 1 aliphatic heterocycles. The average Bonchev–Trinajstić information content (AvgIpc) is 3.32. The van der Waals surface area contributed by atoms with Gasteiger partial charge in [-0.1, -0.05) is 41.4 Å². The minimum atomic E-state index is -3.78. The zero-order valence-electron chi connectivity index (χ0n) is 16.0. The molecule has 0 bridgehead atoms. The monoisotopic (exact) mass is 468 g/mol. The fraction of sp³-hybridized carbons (Fsp3) is 0.250. The van der Waals surface area contributed by atoms with Crippen LogP contribution in [0.15, 0.2) is 60.0 Å². The van der Waals surface area contributed by atoms with Crippen LogP contribution in [0.3, 0.4) is 0 Å². The lowest BCUT2D eigenvalue weighted by atomic mass is 9.94. The normalized spacial score (nSPS) is 19.9. The molecule has 4 rings (SSSR count). The molecule has 2 unspecified atom stereocenters. The molecule has 3 aromatic rings. The number of hydrogen-bond acceptors (Lipinski definition) is 4. The van der Waals surface area contributed by atoms with E-state index in [2.05, 4.69) is 10.3 Å². The second-order valence-electron chi connectivity index (χ2n) is 7.21. The lowest BCUT2D eigenvalue weighted by molar-refractivity contribution is 0.468. The van der Waals surface area contributed by atoms with Gasteiger partial charge in [0.05, 0.1) is 11.3 Å². The van der Waals surface area contributed by atoms with Crippen molar-refractivity contribution in [2.45, 2.75) is 17.0 Å². The molecule has 6 nitrogen and oxygen atoms in total. The van der Waals surface area contributed by atoms with Gasteiger partial charge in [-0.2, -0.15) is 4.31 Å². The summed E-state index contributed by atoms with van der Waals surface area (Å²) in [5.74, 6) is -0.739. The molecule has 158 valence electrons. The van der Waals surface area contributed by atoms with Gasteiger partial charge in [-0.05, 0) is 29.8 Å². The smallest absolute Gasteiger partial charge is 0.262 e. The number of halogens is 3. The fourth-order valence-corrected chi connectivity index (χ4v) is 5.57. The Morgan fingerprint density at radius 2 is 1.90 bits per heavy atom. The number of anilines is 1. The van der Waals surface area contributed by atoms with Crippen LogP contribution in [0.25, 0.3) is 0 Å². The second kappa shape index (κ2) is 8.19. The summed E-state index contributed by atoms with van der Waals surface area (Å²) in [6, 6.07) is 11.4. The summed E-state index contributed by atoms with van der Waals surface area (Å²) < 4.78 is 42.8. The molecule has 30 heavy (non-hydrogen) atoms. The number of nitrogens with one attached hydrogen (secondary N) is 1. The Bertz CT molecular complexity index is 1190. The largest absolute Gasteiger partial charge is 0.380 e. The first kappa shape index (κ1) is 21.1. The van der Waals surface area contributed by atoms with E-state index in [0.717, 1.165) is 5.56 Å². The first-order chi connectivity index (χ1) is 14.3. The number of aromatic nitrogens is 2. The third kappa shape index (κ3) is 4.05. The summed E-state index contributed by atoms with van der Waals surface area (Å²) in [6.07, 6.45) is 2.92. The van der Waals surface area contributed by atoms with Crippen molar-refractivity contribution in [3.8, 4) is 0 Å². The number of benzene rings is 2. The van der Waals surface area contributed by atoms with Crippen molar-refractivity contribution in [3.63, 3.8) is 0 Å². The Morgan fingerprint density at radius 1 is 1.13 bits per heavy atom. The topological polar surface area (TPSA) is 67.2 Å². The van der Waals surface area contributed by atoms with E-state index in [1.54, 1.807) is 23.7 Å². The highest BCUT2D eigenvalue weighted by Crippen LogP contribution is 2.36. The minimum absolute atomic E-state index is 0.00612. The maximum Gasteiger partial charge on any atom is 0.262 e. The Labute approximate surface area is 184 Å². The van der Waals surface area contributed by atoms with Crippen molar-refractivity contribution < 1.29 is 12.8 Å². The van der Waals surface area contributed by atoms with Crippen molar-refractivity contribution in [2.24, 2.45) is 7.05 Å². The van der Waals surface area contributed by atoms with Crippen molar-refractivity contribution >= 4 is 38.9 Å². The van der Waals surface area contributed by atoms with Crippen molar-refractivity contribution in [3.05, 3.63) is 76.4 Å². The molecule has 2 aromatic carbocycles. The third-order valence-electron chi connectivity index (χ3n) is 5.15. The van der Waals surface area contributed by atoms with Gasteiger partial charge in [-0.3, -0.25) is 0 Å². The van der Waals surface area contributed by atoms with Crippen LogP contribution in [0.5, 0.6) is 0 Å². The van der Waals surface area contributed by atoms with Crippen LogP contribution in [0.1, 0.15) is 11.5 Å². The van der Waals surface area contributed by atoms with Gasteiger partial charge in [-0.15, -0.1) is 0 Å². The first-order valence-corrected chi connectivity index (χ1v) is 11.4. The molecule has 1 aliphatic rings. The summed E-state index contributed by atoms with van der Waals surface area (Å²) in [7, 11) is -2.07. The van der Waals surface area contributed by atoms with Gasteiger partial charge >= 0.3 is 0 Å². The molecule has 0 amide bonds. The van der Waals surface area contributed by atoms with E-state index in [1.165, 1.54) is 29.0 Å². The maximum absolute atomic E-state index is 13.5. The van der Waals surface area contributed by atoms with E-state index in [-0.39, 0.29) is 35.1 Å². The van der Waals surface area contributed by atoms with E-state index in [0.29, 0.717) is 10.7 Å². The van der Waals surface area contributed by atoms with E-state index in [9.17, 15) is 12.8 Å². The highest BCUT2D eigenvalue weighted by Gasteiger charge is 2.41. The third-order valence-corrected chi connectivity index (χ3v) is 7.50. The number of sulfonamides is 1. The lowest BCUT2D eigenvalue weighted by Crippen LogP contribution is -2.32. The molecule has 0 aliphatic carbocycles. The molecule has 1 fully saturated rings. The van der Waals surface area contributed by atoms with Crippen molar-refractivity contribution in [1.82, 2.24) is 13.9 Å². The molecule has 0 spiro atoms. The van der Waals surface area contributed by atoms with Crippen LogP contribution < -0.4 is 5.32 Å². The van der Waals surface area contributed by atoms with Gasteiger partial charge in [0.2, 0.25) is 0 Å². The molecule has 2 atom stereocenters. The lowest BCUT2D eigenvalue weighted by Gasteiger charge is -2.22. The predicted octanol–water partition coefficient (Wildman–Crippen LogP) is 4.13. The molecule has 1 N–H and O–H groups in total. The fourth-order valence-electron chi connectivity index (χ4n) is 3.66. The Balaban J connectivity index is 1.68. The number of rotatable bonds is 5. The van der Waals surface area contributed by atoms with E-state index in [4.69, 9.17) is 23.2 Å². The Kier molecular flexibility index (Phi) is 5.76. The Morgan fingerprint density at radius 3 is 2.57 bits per heavy atom. The van der Waals surface area contributed by atoms with Gasteiger partial charge in [0, 0.05) is 49.0 Å². The van der Waals surface area contributed by atoms with Crippen LogP contribution in [-0.4, -0.2) is 41.4 Å². The molecule has 1 aromatic heterocycles. The molecule has 2 heterocycles. The van der Waals surface area contributed by atoms with Crippen LogP contribution in [-0.2, 0) is 17.1 Å². The SMILES string of the molecule is Cn1cnc(S(=O)(=O)N2CC(Nc3ccc(F)c(Cl)c3)C(c3ccccc3Cl)C2)c1. The minimum Gasteiger partial charge on any atom is -0.380 e. The highest BCUT2D eigenvalue weighted by molar-refractivity contribution is 7.89. The van der Waals surface area contributed by atoms with E-state index < -0.39 is 15.8 Å². The summed E-state index contributed by atoms with van der Waals surface area (Å²) in [5, 5.41) is 3.85. The highest BCUT2D eigenvalue weighted by atomic mass is 35.5. The van der Waals surface area contributed by atoms with Crippen LogP contribution >= 0.6 is 23.2 Å². The summed E-state index contributed by atoms with van der Waals surface area (Å²) in [5.41, 5.74) is 1.43. The van der Waals surface area contributed by atoms with E-state index >= 15 is 0 Å². The molecule has 0 saturated carbocycles. The first-order valence-electron chi connectivity index (χ1n) is 9.20. The Hall–Kier alpha value is -2.13. The van der Waals surface area contributed by atoms with Crippen molar-refractivity contribution in [2.75, 3.05) is 18.4 Å². The second-order valence-corrected chi connectivity index (χ2v) is 9.91. The summed E-state index contributed by atoms with van der Waals surface area (Å²) in [4.78, 5) is 4.01. The van der Waals surface area contributed by atoms with Gasteiger partial charge < -0.3 is 9.88 Å². The van der Waals surface area contributed by atoms with Gasteiger partial charge in [0.15, 0.2) is 5.03 Å². The molecule has 1 saturated heterocycles. The zero-order valence-corrected chi connectivity index (χ0v) is 18.3. The number of hydrogen-bond donors (Lipinski definition) is 1. The maximum atomic E-state index is 13.5.